The third-order valence-electron chi connectivity index (χ3n) is 7.53. The van der Waals surface area contributed by atoms with E-state index in [0.29, 0.717) is 18.0 Å². The van der Waals surface area contributed by atoms with E-state index in [1.807, 2.05) is 44.2 Å². The minimum atomic E-state index is -0.710. The molecule has 0 saturated heterocycles. The van der Waals surface area contributed by atoms with Gasteiger partial charge in [-0.05, 0) is 71.4 Å². The van der Waals surface area contributed by atoms with Gasteiger partial charge in [0, 0.05) is 11.1 Å². The third kappa shape index (κ3) is 7.37. The summed E-state index contributed by atoms with van der Waals surface area (Å²) in [6.45, 7) is 10.6. The Kier molecular flexibility index (Phi) is 8.94. The molecule has 3 aromatic rings. The van der Waals surface area contributed by atoms with E-state index in [0.717, 1.165) is 34.4 Å². The van der Waals surface area contributed by atoms with Gasteiger partial charge < -0.3 is 14.8 Å². The maximum Gasteiger partial charge on any atom is 0.328 e. The van der Waals surface area contributed by atoms with Gasteiger partial charge in [0.05, 0.1) is 7.11 Å². The monoisotopic (exact) mass is 530 g/mol. The van der Waals surface area contributed by atoms with Crippen molar-refractivity contribution in [3.05, 3.63) is 65.5 Å². The molecule has 39 heavy (non-hydrogen) atoms. The van der Waals surface area contributed by atoms with Crippen LogP contribution in [0.2, 0.25) is 0 Å². The van der Waals surface area contributed by atoms with Crippen molar-refractivity contribution in [1.82, 2.24) is 10.3 Å². The summed E-state index contributed by atoms with van der Waals surface area (Å²) in [6, 6.07) is 15.3. The van der Waals surface area contributed by atoms with Crippen LogP contribution in [-0.4, -0.2) is 30.0 Å². The van der Waals surface area contributed by atoms with Gasteiger partial charge in [-0.15, -0.1) is 0 Å². The molecular formula is C33H42N2O4. The lowest BCUT2D eigenvalue weighted by Crippen LogP contribution is -2.42. The molecule has 0 unspecified atom stereocenters. The Morgan fingerprint density at radius 2 is 1.67 bits per heavy atom. The van der Waals surface area contributed by atoms with Crippen molar-refractivity contribution in [3.63, 3.8) is 0 Å². The smallest absolute Gasteiger partial charge is 0.328 e. The van der Waals surface area contributed by atoms with Crippen LogP contribution in [0.1, 0.15) is 88.5 Å². The lowest BCUT2D eigenvalue weighted by atomic mass is 9.87. The van der Waals surface area contributed by atoms with Crippen molar-refractivity contribution in [1.29, 1.82) is 0 Å². The Hall–Kier alpha value is -3.41. The van der Waals surface area contributed by atoms with E-state index in [1.165, 1.54) is 38.4 Å². The van der Waals surface area contributed by atoms with Crippen LogP contribution in [0, 0.1) is 11.8 Å². The maximum absolute atomic E-state index is 13.3. The van der Waals surface area contributed by atoms with Crippen LogP contribution >= 0.6 is 0 Å². The van der Waals surface area contributed by atoms with Crippen molar-refractivity contribution in [2.45, 2.75) is 84.6 Å². The van der Waals surface area contributed by atoms with E-state index in [9.17, 15) is 9.59 Å². The number of rotatable bonds is 9. The molecule has 1 saturated carbocycles. The Morgan fingerprint density at radius 1 is 1.00 bits per heavy atom. The minimum Gasteiger partial charge on any atom is -0.467 e. The standard InChI is InChI=1S/C33H42N2O4/c1-21(2)17-30(32(37)38-6)35-31(36)29-19-23-11-14-26(39-25-15-12-24(13-16-25)33(3,4)5)20-27(23)28(34-29)18-22-9-7-8-10-22/h11-16,19-22,30H,7-10,17-18H2,1-6H3,(H,35,36)/t30-/m0/s1. The van der Waals surface area contributed by atoms with E-state index >= 15 is 0 Å². The topological polar surface area (TPSA) is 77.5 Å². The molecule has 0 radical (unpaired) electrons. The number of methoxy groups -OCH3 is 1. The van der Waals surface area contributed by atoms with Gasteiger partial charge in [0.1, 0.15) is 23.2 Å². The Balaban J connectivity index is 1.64. The predicted molar refractivity (Wildman–Crippen MR) is 155 cm³/mol. The zero-order chi connectivity index (χ0) is 28.2. The number of fused-ring (bicyclic) bond motifs is 1. The lowest BCUT2D eigenvalue weighted by molar-refractivity contribution is -0.143. The first-order chi connectivity index (χ1) is 18.5. The molecule has 208 valence electrons. The van der Waals surface area contributed by atoms with Crippen LogP contribution in [0.25, 0.3) is 10.8 Å². The quantitative estimate of drug-likeness (QED) is 0.292. The number of amides is 1. The predicted octanol–water partition coefficient (Wildman–Crippen LogP) is 7.37. The number of nitrogens with one attached hydrogen (secondary N) is 1. The SMILES string of the molecule is COC(=O)[C@H](CC(C)C)NC(=O)c1cc2ccc(Oc3ccc(C(C)(C)C)cc3)cc2c(CC2CCCC2)n1. The number of hydrogen-bond acceptors (Lipinski definition) is 5. The van der Waals surface area contributed by atoms with Gasteiger partial charge in [-0.2, -0.15) is 0 Å². The number of carbonyl (C=O) groups is 2. The summed E-state index contributed by atoms with van der Waals surface area (Å²) >= 11 is 0. The second-order valence-electron chi connectivity index (χ2n) is 12.2. The number of benzene rings is 2. The highest BCUT2D eigenvalue weighted by atomic mass is 16.5. The highest BCUT2D eigenvalue weighted by molar-refractivity contribution is 5.99. The average Bonchev–Trinajstić information content (AvgIpc) is 3.40. The maximum atomic E-state index is 13.3. The zero-order valence-electron chi connectivity index (χ0n) is 24.2. The van der Waals surface area contributed by atoms with Gasteiger partial charge in [-0.1, -0.05) is 78.5 Å². The minimum absolute atomic E-state index is 0.0813. The molecule has 4 rings (SSSR count). The molecule has 1 N–H and O–H groups in total. The van der Waals surface area contributed by atoms with E-state index in [1.54, 1.807) is 6.07 Å². The van der Waals surface area contributed by atoms with Crippen LogP contribution in [-0.2, 0) is 21.4 Å². The van der Waals surface area contributed by atoms with Gasteiger partial charge in [0.2, 0.25) is 0 Å². The highest BCUT2D eigenvalue weighted by Crippen LogP contribution is 2.33. The molecule has 6 heteroatoms. The molecule has 1 aliphatic rings. The number of pyridine rings is 1. The molecule has 1 amide bonds. The van der Waals surface area contributed by atoms with Crippen LogP contribution in [0.3, 0.4) is 0 Å². The Morgan fingerprint density at radius 3 is 2.28 bits per heavy atom. The van der Waals surface area contributed by atoms with Crippen molar-refractivity contribution in [2.24, 2.45) is 11.8 Å². The number of ether oxygens (including phenoxy) is 2. The molecule has 0 bridgehead atoms. The molecule has 6 nitrogen and oxygen atoms in total. The highest BCUT2D eigenvalue weighted by Gasteiger charge is 2.25. The van der Waals surface area contributed by atoms with Crippen molar-refractivity contribution >= 4 is 22.6 Å². The van der Waals surface area contributed by atoms with Crippen molar-refractivity contribution in [2.75, 3.05) is 7.11 Å². The van der Waals surface area contributed by atoms with Crippen molar-refractivity contribution in [3.8, 4) is 11.5 Å². The number of nitrogens with zero attached hydrogens (tertiary/aromatic N) is 1. The van der Waals surface area contributed by atoms with Gasteiger partial charge in [0.25, 0.3) is 5.91 Å². The Labute approximate surface area is 232 Å². The number of carbonyl (C=O) groups excluding carboxylic acids is 2. The fourth-order valence-corrected chi connectivity index (χ4v) is 5.34. The molecule has 1 aliphatic carbocycles. The van der Waals surface area contributed by atoms with E-state index in [-0.39, 0.29) is 17.2 Å². The lowest BCUT2D eigenvalue weighted by Gasteiger charge is -2.19. The van der Waals surface area contributed by atoms with Crippen LogP contribution in [0.15, 0.2) is 48.5 Å². The van der Waals surface area contributed by atoms with E-state index in [2.05, 4.69) is 38.2 Å². The zero-order valence-corrected chi connectivity index (χ0v) is 24.2. The number of hydrogen-bond donors (Lipinski definition) is 1. The second-order valence-corrected chi connectivity index (χ2v) is 12.2. The molecule has 1 fully saturated rings. The molecular weight excluding hydrogens is 488 g/mol. The Bertz CT molecular complexity index is 1300. The van der Waals surface area contributed by atoms with Crippen molar-refractivity contribution < 1.29 is 19.1 Å². The molecule has 0 spiro atoms. The first kappa shape index (κ1) is 28.6. The largest absolute Gasteiger partial charge is 0.467 e. The van der Waals surface area contributed by atoms with E-state index in [4.69, 9.17) is 14.5 Å². The van der Waals surface area contributed by atoms with Crippen LogP contribution < -0.4 is 10.1 Å². The summed E-state index contributed by atoms with van der Waals surface area (Å²) < 4.78 is 11.2. The molecule has 2 aromatic carbocycles. The normalized spacial score (nSPS) is 14.9. The van der Waals surface area contributed by atoms with Gasteiger partial charge in [-0.3, -0.25) is 4.79 Å². The third-order valence-corrected chi connectivity index (χ3v) is 7.53. The molecule has 0 aliphatic heterocycles. The summed E-state index contributed by atoms with van der Waals surface area (Å²) in [6.07, 6.45) is 6.13. The summed E-state index contributed by atoms with van der Waals surface area (Å²) in [5.41, 5.74) is 2.55. The molecule has 1 atom stereocenters. The van der Waals surface area contributed by atoms with Gasteiger partial charge >= 0.3 is 5.97 Å². The van der Waals surface area contributed by atoms with Gasteiger partial charge in [0.15, 0.2) is 0 Å². The summed E-state index contributed by atoms with van der Waals surface area (Å²) in [7, 11) is 1.34. The average molecular weight is 531 g/mol. The first-order valence-electron chi connectivity index (χ1n) is 14.1. The van der Waals surface area contributed by atoms with E-state index < -0.39 is 12.0 Å². The number of esters is 1. The first-order valence-corrected chi connectivity index (χ1v) is 14.1. The fourth-order valence-electron chi connectivity index (χ4n) is 5.34. The molecule has 1 aromatic heterocycles. The summed E-state index contributed by atoms with van der Waals surface area (Å²) in [5.74, 6) is 1.49. The molecule has 1 heterocycles. The van der Waals surface area contributed by atoms with Gasteiger partial charge in [-0.25, -0.2) is 9.78 Å². The van der Waals surface area contributed by atoms with Crippen LogP contribution in [0.4, 0.5) is 0 Å². The number of aromatic nitrogens is 1. The summed E-state index contributed by atoms with van der Waals surface area (Å²) in [5, 5.41) is 4.78. The summed E-state index contributed by atoms with van der Waals surface area (Å²) in [4.78, 5) is 30.4. The fraction of sp³-hybridized carbons (Fsp3) is 0.485. The van der Waals surface area contributed by atoms with Crippen LogP contribution in [0.5, 0.6) is 11.5 Å². The second kappa shape index (κ2) is 12.2.